The van der Waals surface area contributed by atoms with Crippen molar-refractivity contribution in [3.63, 3.8) is 0 Å². The molecule has 2 N–H and O–H groups in total. The third kappa shape index (κ3) is 2.94. The number of nitrogens with zero attached hydrogens (tertiary/aromatic N) is 2. The van der Waals surface area contributed by atoms with E-state index >= 15 is 0 Å². The molecule has 2 rings (SSSR count). The number of nitrogens with two attached hydrogens (primary N) is 1. The van der Waals surface area contributed by atoms with E-state index in [-0.39, 0.29) is 11.9 Å². The standard InChI is InChI=1S/C13H18FN3O2/c1-2-19-13(18)9-3-5-17(6-4-9)12-10(14)7-16-8-11(12)15/h7-9H,2-6,15H2,1H3. The first-order chi connectivity index (χ1) is 9.13. The minimum Gasteiger partial charge on any atom is -0.466 e. The van der Waals surface area contributed by atoms with Gasteiger partial charge in [-0.2, -0.15) is 0 Å². The molecule has 19 heavy (non-hydrogen) atoms. The van der Waals surface area contributed by atoms with Crippen LogP contribution in [0.2, 0.25) is 0 Å². The zero-order valence-corrected chi connectivity index (χ0v) is 10.9. The molecule has 6 heteroatoms. The smallest absolute Gasteiger partial charge is 0.309 e. The van der Waals surface area contributed by atoms with Crippen molar-refractivity contribution in [2.75, 3.05) is 30.3 Å². The van der Waals surface area contributed by atoms with Crippen molar-refractivity contribution in [2.24, 2.45) is 5.92 Å². The number of pyridine rings is 1. The maximum Gasteiger partial charge on any atom is 0.309 e. The molecule has 1 aliphatic heterocycles. The highest BCUT2D eigenvalue weighted by molar-refractivity contribution is 5.73. The van der Waals surface area contributed by atoms with Crippen LogP contribution in [0.4, 0.5) is 15.8 Å². The molecule has 1 aromatic heterocycles. The molecule has 0 aliphatic carbocycles. The van der Waals surface area contributed by atoms with E-state index in [9.17, 15) is 9.18 Å². The number of carbonyl (C=O) groups is 1. The first-order valence-electron chi connectivity index (χ1n) is 6.44. The Balaban J connectivity index is 2.02. The third-order valence-electron chi connectivity index (χ3n) is 3.33. The normalized spacial score (nSPS) is 16.4. The molecule has 0 atom stereocenters. The lowest BCUT2D eigenvalue weighted by atomic mass is 9.96. The van der Waals surface area contributed by atoms with E-state index < -0.39 is 5.82 Å². The molecule has 1 fully saturated rings. The van der Waals surface area contributed by atoms with Gasteiger partial charge in [-0.3, -0.25) is 9.78 Å². The van der Waals surface area contributed by atoms with Gasteiger partial charge in [0.2, 0.25) is 0 Å². The molecule has 0 amide bonds. The summed E-state index contributed by atoms with van der Waals surface area (Å²) in [6.45, 7) is 3.37. The van der Waals surface area contributed by atoms with Crippen LogP contribution < -0.4 is 10.6 Å². The van der Waals surface area contributed by atoms with E-state index in [2.05, 4.69) is 4.98 Å². The molecule has 1 saturated heterocycles. The molecule has 0 spiro atoms. The van der Waals surface area contributed by atoms with Crippen LogP contribution in [0.1, 0.15) is 19.8 Å². The van der Waals surface area contributed by atoms with Crippen molar-refractivity contribution in [3.05, 3.63) is 18.2 Å². The van der Waals surface area contributed by atoms with Gasteiger partial charge >= 0.3 is 5.97 Å². The molecule has 104 valence electrons. The number of hydrogen-bond acceptors (Lipinski definition) is 5. The van der Waals surface area contributed by atoms with E-state index in [1.165, 1.54) is 6.20 Å². The summed E-state index contributed by atoms with van der Waals surface area (Å²) in [6, 6.07) is 0. The molecule has 0 bridgehead atoms. The fourth-order valence-corrected chi connectivity index (χ4v) is 2.38. The Labute approximate surface area is 111 Å². The number of hydrogen-bond donors (Lipinski definition) is 1. The molecule has 1 aromatic rings. The van der Waals surface area contributed by atoms with E-state index in [0.717, 1.165) is 6.20 Å². The number of anilines is 2. The van der Waals surface area contributed by atoms with Gasteiger partial charge in [-0.25, -0.2) is 4.39 Å². The Kier molecular flexibility index (Phi) is 4.19. The third-order valence-corrected chi connectivity index (χ3v) is 3.33. The van der Waals surface area contributed by atoms with Crippen LogP contribution in [0.3, 0.4) is 0 Å². The lowest BCUT2D eigenvalue weighted by Gasteiger charge is -2.33. The molecule has 2 heterocycles. The number of rotatable bonds is 3. The molecule has 0 saturated carbocycles. The van der Waals surface area contributed by atoms with Gasteiger partial charge in [0.15, 0.2) is 5.82 Å². The van der Waals surface area contributed by atoms with Crippen LogP contribution in [0.5, 0.6) is 0 Å². The van der Waals surface area contributed by atoms with Gasteiger partial charge in [0.1, 0.15) is 0 Å². The predicted octanol–water partition coefficient (Wildman–Crippen LogP) is 1.58. The second-order valence-electron chi connectivity index (χ2n) is 4.57. The van der Waals surface area contributed by atoms with Crippen LogP contribution in [0.15, 0.2) is 12.4 Å². The summed E-state index contributed by atoms with van der Waals surface area (Å²) in [5, 5.41) is 0. The Morgan fingerprint density at radius 2 is 2.21 bits per heavy atom. The highest BCUT2D eigenvalue weighted by Gasteiger charge is 2.27. The maximum absolute atomic E-state index is 13.7. The first-order valence-corrected chi connectivity index (χ1v) is 6.44. The topological polar surface area (TPSA) is 68.5 Å². The Morgan fingerprint density at radius 1 is 1.53 bits per heavy atom. The summed E-state index contributed by atoms with van der Waals surface area (Å²) in [4.78, 5) is 17.2. The van der Waals surface area contributed by atoms with Crippen molar-refractivity contribution in [1.82, 2.24) is 4.98 Å². The van der Waals surface area contributed by atoms with E-state index in [1.807, 2.05) is 4.90 Å². The molecule has 0 radical (unpaired) electrons. The van der Waals surface area contributed by atoms with E-state index in [4.69, 9.17) is 10.5 Å². The molecule has 1 aliphatic rings. The SMILES string of the molecule is CCOC(=O)C1CCN(c2c(N)cncc2F)CC1. The number of ether oxygens (including phenoxy) is 1. The van der Waals surface area contributed by atoms with Crippen LogP contribution in [-0.4, -0.2) is 30.6 Å². The minimum atomic E-state index is -0.422. The van der Waals surface area contributed by atoms with Crippen LogP contribution in [-0.2, 0) is 9.53 Å². The first kappa shape index (κ1) is 13.6. The Bertz CT molecular complexity index is 439. The van der Waals surface area contributed by atoms with E-state index in [0.29, 0.717) is 43.9 Å². The number of aromatic nitrogens is 1. The van der Waals surface area contributed by atoms with Crippen molar-refractivity contribution >= 4 is 17.3 Å². The minimum absolute atomic E-state index is 0.0951. The zero-order chi connectivity index (χ0) is 13.8. The Morgan fingerprint density at radius 3 is 2.79 bits per heavy atom. The summed E-state index contributed by atoms with van der Waals surface area (Å²) in [5.74, 6) is -0.678. The fourth-order valence-electron chi connectivity index (χ4n) is 2.38. The summed E-state index contributed by atoms with van der Waals surface area (Å²) < 4.78 is 18.7. The van der Waals surface area contributed by atoms with Gasteiger partial charge in [0, 0.05) is 13.1 Å². The number of carbonyl (C=O) groups excluding carboxylic acids is 1. The monoisotopic (exact) mass is 267 g/mol. The molecular weight excluding hydrogens is 249 g/mol. The lowest BCUT2D eigenvalue weighted by molar-refractivity contribution is -0.148. The lowest BCUT2D eigenvalue weighted by Crippen LogP contribution is -2.37. The average Bonchev–Trinajstić information content (AvgIpc) is 2.39. The van der Waals surface area contributed by atoms with Gasteiger partial charge in [-0.05, 0) is 19.8 Å². The highest BCUT2D eigenvalue weighted by atomic mass is 19.1. The van der Waals surface area contributed by atoms with Crippen molar-refractivity contribution < 1.29 is 13.9 Å². The highest BCUT2D eigenvalue weighted by Crippen LogP contribution is 2.30. The quantitative estimate of drug-likeness (QED) is 0.842. The zero-order valence-electron chi connectivity index (χ0n) is 10.9. The number of piperidine rings is 1. The fraction of sp³-hybridized carbons (Fsp3) is 0.538. The average molecular weight is 267 g/mol. The summed E-state index contributed by atoms with van der Waals surface area (Å²) >= 11 is 0. The summed E-state index contributed by atoms with van der Waals surface area (Å²) in [5.41, 5.74) is 6.47. The van der Waals surface area contributed by atoms with Gasteiger partial charge < -0.3 is 15.4 Å². The molecule has 0 aromatic carbocycles. The predicted molar refractivity (Wildman–Crippen MR) is 70.2 cm³/mol. The summed E-state index contributed by atoms with van der Waals surface area (Å²) in [7, 11) is 0. The van der Waals surface area contributed by atoms with Crippen molar-refractivity contribution in [1.29, 1.82) is 0 Å². The Hall–Kier alpha value is -1.85. The van der Waals surface area contributed by atoms with Crippen LogP contribution in [0, 0.1) is 11.7 Å². The largest absolute Gasteiger partial charge is 0.466 e. The molecule has 0 unspecified atom stereocenters. The van der Waals surface area contributed by atoms with Gasteiger partial charge in [0.05, 0.1) is 36.3 Å². The number of halogens is 1. The van der Waals surface area contributed by atoms with Gasteiger partial charge in [-0.1, -0.05) is 0 Å². The maximum atomic E-state index is 13.7. The van der Waals surface area contributed by atoms with Crippen molar-refractivity contribution in [3.8, 4) is 0 Å². The van der Waals surface area contributed by atoms with E-state index in [1.54, 1.807) is 6.92 Å². The summed E-state index contributed by atoms with van der Waals surface area (Å²) in [6.07, 6.45) is 3.90. The molecular formula is C13H18FN3O2. The van der Waals surface area contributed by atoms with Crippen LogP contribution in [0.25, 0.3) is 0 Å². The number of nitrogen functional groups attached to an aromatic ring is 1. The van der Waals surface area contributed by atoms with Crippen LogP contribution >= 0.6 is 0 Å². The van der Waals surface area contributed by atoms with Gasteiger partial charge in [-0.15, -0.1) is 0 Å². The van der Waals surface area contributed by atoms with Crippen molar-refractivity contribution in [2.45, 2.75) is 19.8 Å². The second kappa shape index (κ2) is 5.86. The molecule has 5 nitrogen and oxygen atoms in total. The number of esters is 1. The van der Waals surface area contributed by atoms with Gasteiger partial charge in [0.25, 0.3) is 0 Å². The second-order valence-corrected chi connectivity index (χ2v) is 4.57.